The van der Waals surface area contributed by atoms with E-state index in [1.165, 1.54) is 21.7 Å². The maximum Gasteiger partial charge on any atom is 0.413 e. The van der Waals surface area contributed by atoms with Gasteiger partial charge >= 0.3 is 6.09 Å². The molecule has 2 amide bonds. The van der Waals surface area contributed by atoms with Gasteiger partial charge in [-0.15, -0.1) is 0 Å². The molecule has 0 aliphatic heterocycles. The highest BCUT2D eigenvalue weighted by Gasteiger charge is 2.14. The minimum atomic E-state index is -0.485. The van der Waals surface area contributed by atoms with Gasteiger partial charge in [-0.3, -0.25) is 19.8 Å². The lowest BCUT2D eigenvalue weighted by Gasteiger charge is -2.16. The van der Waals surface area contributed by atoms with Crippen LogP contribution in [0.4, 0.5) is 21.9 Å². The van der Waals surface area contributed by atoms with Crippen molar-refractivity contribution in [1.82, 2.24) is 9.78 Å². The summed E-state index contributed by atoms with van der Waals surface area (Å²) in [6.45, 7) is 2.01. The predicted molar refractivity (Wildman–Crippen MR) is 110 cm³/mol. The number of ether oxygens (including phenoxy) is 1. The van der Waals surface area contributed by atoms with Crippen molar-refractivity contribution < 1.29 is 19.2 Å². The summed E-state index contributed by atoms with van der Waals surface area (Å²) in [4.78, 5) is 35.8. The lowest BCUT2D eigenvalue weighted by Crippen LogP contribution is -2.26. The molecule has 0 saturated carbocycles. The highest BCUT2D eigenvalue weighted by molar-refractivity contribution is 6.03. The van der Waals surface area contributed by atoms with E-state index in [0.29, 0.717) is 17.1 Å². The number of aromatic nitrogens is 2. The fourth-order valence-electron chi connectivity index (χ4n) is 2.61. The first-order valence-electron chi connectivity index (χ1n) is 9.01. The Hall–Kier alpha value is -4.21. The molecule has 0 aliphatic rings. The molecule has 1 N–H and O–H groups in total. The Morgan fingerprint density at radius 2 is 1.80 bits per heavy atom. The van der Waals surface area contributed by atoms with Crippen LogP contribution in [-0.4, -0.2) is 40.4 Å². The quantitative estimate of drug-likeness (QED) is 0.490. The molecule has 0 saturated heterocycles. The number of nitrogens with zero attached hydrogens (tertiary/aromatic N) is 4. The molecule has 1 heterocycles. The highest BCUT2D eigenvalue weighted by atomic mass is 16.6. The standard InChI is InChI=1S/C20H19N5O5/c1-3-30-20(27)23(2)15-6-4-14(5-7-15)21-19(26)18-12-13-24(22-18)16-8-10-17(11-9-16)25(28)29/h4-13H,3H2,1-2H3,(H,21,26). The second-order valence-corrected chi connectivity index (χ2v) is 6.18. The first-order chi connectivity index (χ1) is 14.4. The number of rotatable bonds is 6. The van der Waals surface area contributed by atoms with Crippen molar-refractivity contribution in [2.24, 2.45) is 0 Å². The van der Waals surface area contributed by atoms with E-state index >= 15 is 0 Å². The maximum atomic E-state index is 12.5. The first kappa shape index (κ1) is 20.5. The van der Waals surface area contributed by atoms with Crippen molar-refractivity contribution in [1.29, 1.82) is 0 Å². The molecule has 0 fully saturated rings. The largest absolute Gasteiger partial charge is 0.449 e. The van der Waals surface area contributed by atoms with E-state index in [9.17, 15) is 19.7 Å². The smallest absolute Gasteiger partial charge is 0.413 e. The Morgan fingerprint density at radius 1 is 1.13 bits per heavy atom. The third kappa shape index (κ3) is 4.61. The molecule has 0 spiro atoms. The van der Waals surface area contributed by atoms with E-state index in [0.717, 1.165) is 0 Å². The van der Waals surface area contributed by atoms with Crippen molar-refractivity contribution in [3.63, 3.8) is 0 Å². The molecule has 30 heavy (non-hydrogen) atoms. The molecule has 0 atom stereocenters. The van der Waals surface area contributed by atoms with Crippen molar-refractivity contribution in [2.75, 3.05) is 23.9 Å². The molecule has 3 rings (SSSR count). The van der Waals surface area contributed by atoms with Crippen LogP contribution in [0.5, 0.6) is 0 Å². The molecule has 10 nitrogen and oxygen atoms in total. The highest BCUT2D eigenvalue weighted by Crippen LogP contribution is 2.19. The summed E-state index contributed by atoms with van der Waals surface area (Å²) in [5.41, 5.74) is 1.90. The van der Waals surface area contributed by atoms with Gasteiger partial charge in [0.25, 0.3) is 11.6 Å². The van der Waals surface area contributed by atoms with Crippen LogP contribution in [0.25, 0.3) is 5.69 Å². The van der Waals surface area contributed by atoms with E-state index in [4.69, 9.17) is 4.74 Å². The number of hydrogen-bond acceptors (Lipinski definition) is 6. The van der Waals surface area contributed by atoms with Crippen LogP contribution in [-0.2, 0) is 4.74 Å². The summed E-state index contributed by atoms with van der Waals surface area (Å²) in [7, 11) is 1.59. The summed E-state index contributed by atoms with van der Waals surface area (Å²) in [5, 5.41) is 17.7. The van der Waals surface area contributed by atoms with Crippen molar-refractivity contribution in [2.45, 2.75) is 6.92 Å². The Balaban J connectivity index is 1.66. The Kier molecular flexibility index (Phi) is 6.06. The van der Waals surface area contributed by atoms with Gasteiger partial charge in [0.2, 0.25) is 0 Å². The van der Waals surface area contributed by atoms with Gasteiger partial charge in [0.05, 0.1) is 17.2 Å². The molecule has 1 aromatic heterocycles. The number of carbonyl (C=O) groups excluding carboxylic acids is 2. The van der Waals surface area contributed by atoms with E-state index in [1.807, 2.05) is 0 Å². The topological polar surface area (TPSA) is 120 Å². The van der Waals surface area contributed by atoms with Gasteiger partial charge in [-0.2, -0.15) is 5.10 Å². The molecule has 0 aliphatic carbocycles. The number of anilines is 2. The molecular formula is C20H19N5O5. The lowest BCUT2D eigenvalue weighted by molar-refractivity contribution is -0.384. The Labute approximate surface area is 171 Å². The molecule has 0 radical (unpaired) electrons. The zero-order valence-corrected chi connectivity index (χ0v) is 16.3. The summed E-state index contributed by atoms with van der Waals surface area (Å²) in [6.07, 6.45) is 1.12. The molecule has 0 unspecified atom stereocenters. The second kappa shape index (κ2) is 8.86. The number of carbonyl (C=O) groups is 2. The summed E-state index contributed by atoms with van der Waals surface area (Å²) in [5.74, 6) is -0.415. The number of hydrogen-bond donors (Lipinski definition) is 1. The summed E-state index contributed by atoms with van der Waals surface area (Å²) in [6, 6.07) is 14.1. The van der Waals surface area contributed by atoms with Gasteiger partial charge < -0.3 is 10.1 Å². The number of nitrogens with one attached hydrogen (secondary N) is 1. The number of nitro benzene ring substituents is 1. The third-order valence-corrected chi connectivity index (χ3v) is 4.20. The van der Waals surface area contributed by atoms with Gasteiger partial charge in [-0.25, -0.2) is 9.48 Å². The summed E-state index contributed by atoms with van der Waals surface area (Å²) < 4.78 is 6.40. The third-order valence-electron chi connectivity index (χ3n) is 4.20. The van der Waals surface area contributed by atoms with Gasteiger partial charge in [0.1, 0.15) is 0 Å². The number of amides is 2. The SMILES string of the molecule is CCOC(=O)N(C)c1ccc(NC(=O)c2ccn(-c3ccc([N+](=O)[O-])cc3)n2)cc1. The molecule has 0 bridgehead atoms. The van der Waals surface area contributed by atoms with Gasteiger partial charge in [0.15, 0.2) is 5.69 Å². The Morgan fingerprint density at radius 3 is 2.40 bits per heavy atom. The van der Waals surface area contributed by atoms with Gasteiger partial charge in [-0.1, -0.05) is 0 Å². The van der Waals surface area contributed by atoms with E-state index < -0.39 is 16.9 Å². The van der Waals surface area contributed by atoms with Crippen molar-refractivity contribution in [3.05, 3.63) is 76.6 Å². The van der Waals surface area contributed by atoms with Crippen LogP contribution >= 0.6 is 0 Å². The summed E-state index contributed by atoms with van der Waals surface area (Å²) >= 11 is 0. The van der Waals surface area contributed by atoms with E-state index in [1.54, 1.807) is 62.6 Å². The average Bonchev–Trinajstić information content (AvgIpc) is 3.24. The van der Waals surface area contributed by atoms with Crippen molar-refractivity contribution in [3.8, 4) is 5.69 Å². The molecule has 154 valence electrons. The zero-order chi connectivity index (χ0) is 21.7. The number of non-ortho nitro benzene ring substituents is 1. The molecule has 10 heteroatoms. The van der Waals surface area contributed by atoms with E-state index in [2.05, 4.69) is 10.4 Å². The van der Waals surface area contributed by atoms with Crippen LogP contribution < -0.4 is 10.2 Å². The lowest BCUT2D eigenvalue weighted by atomic mass is 10.2. The monoisotopic (exact) mass is 409 g/mol. The van der Waals surface area contributed by atoms with Crippen LogP contribution in [0.1, 0.15) is 17.4 Å². The van der Waals surface area contributed by atoms with Crippen LogP contribution in [0.3, 0.4) is 0 Å². The fraction of sp³-hybridized carbons (Fsp3) is 0.150. The van der Waals surface area contributed by atoms with Crippen LogP contribution in [0, 0.1) is 10.1 Å². The molecule has 3 aromatic rings. The number of nitro groups is 1. The number of benzene rings is 2. The van der Waals surface area contributed by atoms with Gasteiger partial charge in [0, 0.05) is 36.8 Å². The minimum Gasteiger partial charge on any atom is -0.449 e. The normalized spacial score (nSPS) is 10.3. The maximum absolute atomic E-state index is 12.5. The predicted octanol–water partition coefficient (Wildman–Crippen LogP) is 3.63. The van der Waals surface area contributed by atoms with Crippen LogP contribution in [0.15, 0.2) is 60.8 Å². The van der Waals surface area contributed by atoms with Crippen LogP contribution in [0.2, 0.25) is 0 Å². The molecular weight excluding hydrogens is 390 g/mol. The fourth-order valence-corrected chi connectivity index (χ4v) is 2.61. The average molecular weight is 409 g/mol. The zero-order valence-electron chi connectivity index (χ0n) is 16.3. The minimum absolute atomic E-state index is 0.0269. The van der Waals surface area contributed by atoms with Gasteiger partial charge in [-0.05, 0) is 49.4 Å². The van der Waals surface area contributed by atoms with Crippen molar-refractivity contribution >= 4 is 29.1 Å². The molecule has 2 aromatic carbocycles. The second-order valence-electron chi connectivity index (χ2n) is 6.18. The Bertz CT molecular complexity index is 1060. The van der Waals surface area contributed by atoms with E-state index in [-0.39, 0.29) is 18.0 Å². The first-order valence-corrected chi connectivity index (χ1v) is 9.01.